The first-order valence-corrected chi connectivity index (χ1v) is 7.82. The third-order valence-electron chi connectivity index (χ3n) is 4.18. The number of aliphatic hydroxyl groups excluding tert-OH is 1. The van der Waals surface area contributed by atoms with E-state index in [9.17, 15) is 9.90 Å². The number of aliphatic hydroxyl groups is 1. The lowest BCUT2D eigenvalue weighted by Crippen LogP contribution is -2.44. The number of amides is 1. The number of fused-ring (bicyclic) bond motifs is 1. The molecule has 3 rings (SSSR count). The van der Waals surface area contributed by atoms with Crippen LogP contribution in [0.25, 0.3) is 11.0 Å². The van der Waals surface area contributed by atoms with Crippen molar-refractivity contribution in [3.8, 4) is 0 Å². The average Bonchev–Trinajstić information content (AvgIpc) is 2.99. The summed E-state index contributed by atoms with van der Waals surface area (Å²) < 4.78 is 0. The largest absolute Gasteiger partial charge is 0.396 e. The Morgan fingerprint density at radius 2 is 2.43 bits per heavy atom. The van der Waals surface area contributed by atoms with Crippen LogP contribution in [0.15, 0.2) is 25.2 Å². The molecule has 3 heterocycles. The van der Waals surface area contributed by atoms with Crippen LogP contribution in [0.5, 0.6) is 0 Å². The second-order valence-corrected chi connectivity index (χ2v) is 5.71. The van der Waals surface area contributed by atoms with Crippen LogP contribution in [0.1, 0.15) is 18.4 Å². The summed E-state index contributed by atoms with van der Waals surface area (Å²) in [6, 6.07) is 0.141. The van der Waals surface area contributed by atoms with Crippen LogP contribution >= 0.6 is 0 Å². The fraction of sp³-hybridized carbons (Fsp3) is 0.438. The maximum atomic E-state index is 11.8. The van der Waals surface area contributed by atoms with Crippen LogP contribution < -0.4 is 5.32 Å². The number of aromatic nitrogens is 3. The van der Waals surface area contributed by atoms with Gasteiger partial charge in [-0.3, -0.25) is 4.79 Å². The minimum atomic E-state index is -0.0352. The standard InChI is InChI=1S/C16H21N5O2/c1-2-13(23)21-6-3-4-12(9-21)20-16-14-11(5-7-22)8-17-15(14)18-10-19-16/h2,8,10,12,22H,1,3-7,9H2,(H2,17,18,19,20). The summed E-state index contributed by atoms with van der Waals surface area (Å²) in [4.78, 5) is 25.3. The molecule has 23 heavy (non-hydrogen) atoms. The van der Waals surface area contributed by atoms with E-state index in [0.29, 0.717) is 13.0 Å². The summed E-state index contributed by atoms with van der Waals surface area (Å²) in [6.45, 7) is 5.03. The summed E-state index contributed by atoms with van der Waals surface area (Å²) in [5, 5.41) is 13.6. The van der Waals surface area contributed by atoms with Crippen LogP contribution in [0, 0.1) is 0 Å². The van der Waals surface area contributed by atoms with Gasteiger partial charge >= 0.3 is 0 Å². The number of carbonyl (C=O) groups excluding carboxylic acids is 1. The molecule has 1 aliphatic heterocycles. The lowest BCUT2D eigenvalue weighted by atomic mass is 10.1. The fourth-order valence-corrected chi connectivity index (χ4v) is 3.07. The number of hydrogen-bond donors (Lipinski definition) is 3. The molecule has 0 radical (unpaired) electrons. The van der Waals surface area contributed by atoms with Crippen molar-refractivity contribution in [2.24, 2.45) is 0 Å². The van der Waals surface area contributed by atoms with Crippen molar-refractivity contribution >= 4 is 22.8 Å². The van der Waals surface area contributed by atoms with Gasteiger partial charge in [0.15, 0.2) is 0 Å². The molecule has 0 aliphatic carbocycles. The monoisotopic (exact) mass is 315 g/mol. The zero-order chi connectivity index (χ0) is 16.2. The normalized spacial score (nSPS) is 18.1. The first-order chi connectivity index (χ1) is 11.2. The summed E-state index contributed by atoms with van der Waals surface area (Å²) in [6.07, 6.45) is 7.20. The molecule has 2 aromatic rings. The van der Waals surface area contributed by atoms with Crippen molar-refractivity contribution in [3.05, 3.63) is 30.7 Å². The zero-order valence-corrected chi connectivity index (χ0v) is 13.0. The highest BCUT2D eigenvalue weighted by Crippen LogP contribution is 2.25. The topological polar surface area (TPSA) is 94.1 Å². The van der Waals surface area contributed by atoms with Crippen molar-refractivity contribution in [2.45, 2.75) is 25.3 Å². The van der Waals surface area contributed by atoms with Crippen molar-refractivity contribution < 1.29 is 9.90 Å². The number of nitrogens with zero attached hydrogens (tertiary/aromatic N) is 3. The molecule has 0 saturated carbocycles. The molecule has 1 atom stereocenters. The minimum Gasteiger partial charge on any atom is -0.396 e. The maximum Gasteiger partial charge on any atom is 0.246 e. The number of aromatic amines is 1. The quantitative estimate of drug-likeness (QED) is 0.718. The molecule has 7 heteroatoms. The maximum absolute atomic E-state index is 11.8. The van der Waals surface area contributed by atoms with Crippen molar-refractivity contribution in [1.29, 1.82) is 0 Å². The number of hydrogen-bond acceptors (Lipinski definition) is 5. The van der Waals surface area contributed by atoms with E-state index in [0.717, 1.165) is 41.8 Å². The van der Waals surface area contributed by atoms with E-state index in [1.165, 1.54) is 12.4 Å². The Morgan fingerprint density at radius 1 is 1.57 bits per heavy atom. The van der Waals surface area contributed by atoms with Gasteiger partial charge in [0, 0.05) is 31.9 Å². The van der Waals surface area contributed by atoms with Gasteiger partial charge in [0.25, 0.3) is 0 Å². The smallest absolute Gasteiger partial charge is 0.246 e. The van der Waals surface area contributed by atoms with Gasteiger partial charge in [0.1, 0.15) is 17.8 Å². The van der Waals surface area contributed by atoms with Gasteiger partial charge in [0.05, 0.1) is 5.39 Å². The molecule has 1 unspecified atom stereocenters. The molecule has 0 bridgehead atoms. The van der Waals surface area contributed by atoms with Gasteiger partial charge in [-0.15, -0.1) is 0 Å². The van der Waals surface area contributed by atoms with Crippen molar-refractivity contribution in [1.82, 2.24) is 19.9 Å². The Bertz CT molecular complexity index is 712. The van der Waals surface area contributed by atoms with E-state index in [1.807, 2.05) is 6.20 Å². The zero-order valence-electron chi connectivity index (χ0n) is 13.0. The molecule has 2 aromatic heterocycles. The summed E-state index contributed by atoms with van der Waals surface area (Å²) in [5.41, 5.74) is 1.74. The molecule has 122 valence electrons. The van der Waals surface area contributed by atoms with Gasteiger partial charge in [0.2, 0.25) is 5.91 Å². The lowest BCUT2D eigenvalue weighted by Gasteiger charge is -2.32. The number of rotatable bonds is 5. The van der Waals surface area contributed by atoms with Gasteiger partial charge in [-0.2, -0.15) is 0 Å². The predicted octanol–water partition coefficient (Wildman–Crippen LogP) is 1.08. The second kappa shape index (κ2) is 6.78. The molecule has 1 fully saturated rings. The van der Waals surface area contributed by atoms with E-state index >= 15 is 0 Å². The third kappa shape index (κ3) is 3.19. The minimum absolute atomic E-state index is 0.0352. The number of piperidine rings is 1. The SMILES string of the molecule is C=CC(=O)N1CCCC(Nc2ncnc3[nH]cc(CCO)c23)C1. The molecular formula is C16H21N5O2. The highest BCUT2D eigenvalue weighted by Gasteiger charge is 2.23. The van der Waals surface area contributed by atoms with Crippen LogP contribution in [0.3, 0.4) is 0 Å². The Morgan fingerprint density at radius 3 is 3.22 bits per heavy atom. The number of H-pyrrole nitrogens is 1. The van der Waals surface area contributed by atoms with Crippen LogP contribution in [-0.4, -0.2) is 56.6 Å². The van der Waals surface area contributed by atoms with Gasteiger partial charge in [-0.05, 0) is 30.9 Å². The summed E-state index contributed by atoms with van der Waals surface area (Å²) in [5.74, 6) is 0.713. The van der Waals surface area contributed by atoms with Gasteiger partial charge in [-0.25, -0.2) is 9.97 Å². The van der Waals surface area contributed by atoms with E-state index in [1.54, 1.807) is 4.90 Å². The van der Waals surface area contributed by atoms with E-state index in [-0.39, 0.29) is 18.6 Å². The number of nitrogens with one attached hydrogen (secondary N) is 2. The number of anilines is 1. The van der Waals surface area contributed by atoms with Crippen LogP contribution in [0.2, 0.25) is 0 Å². The Labute approximate surface area is 134 Å². The second-order valence-electron chi connectivity index (χ2n) is 5.71. The third-order valence-corrected chi connectivity index (χ3v) is 4.18. The first-order valence-electron chi connectivity index (χ1n) is 7.82. The number of likely N-dealkylation sites (tertiary alicyclic amines) is 1. The van der Waals surface area contributed by atoms with Gasteiger partial charge < -0.3 is 20.3 Å². The Kier molecular flexibility index (Phi) is 4.57. The van der Waals surface area contributed by atoms with E-state index in [4.69, 9.17) is 0 Å². The Balaban J connectivity index is 1.82. The highest BCUT2D eigenvalue weighted by molar-refractivity contribution is 5.90. The van der Waals surface area contributed by atoms with E-state index < -0.39 is 0 Å². The Hall–Kier alpha value is -2.41. The molecule has 1 saturated heterocycles. The lowest BCUT2D eigenvalue weighted by molar-refractivity contribution is -0.127. The molecule has 0 aromatic carbocycles. The van der Waals surface area contributed by atoms with Crippen LogP contribution in [-0.2, 0) is 11.2 Å². The fourth-order valence-electron chi connectivity index (χ4n) is 3.07. The molecule has 3 N–H and O–H groups in total. The molecule has 1 amide bonds. The summed E-state index contributed by atoms with van der Waals surface area (Å²) in [7, 11) is 0. The first kappa shape index (κ1) is 15.5. The van der Waals surface area contributed by atoms with Crippen molar-refractivity contribution in [2.75, 3.05) is 25.0 Å². The number of carbonyl (C=O) groups is 1. The summed E-state index contributed by atoms with van der Waals surface area (Å²) >= 11 is 0. The van der Waals surface area contributed by atoms with E-state index in [2.05, 4.69) is 26.8 Å². The molecule has 7 nitrogen and oxygen atoms in total. The van der Waals surface area contributed by atoms with Gasteiger partial charge in [-0.1, -0.05) is 6.58 Å². The predicted molar refractivity (Wildman–Crippen MR) is 88.1 cm³/mol. The molecule has 1 aliphatic rings. The van der Waals surface area contributed by atoms with Crippen LogP contribution in [0.4, 0.5) is 5.82 Å². The molecule has 0 spiro atoms. The average molecular weight is 315 g/mol. The highest BCUT2D eigenvalue weighted by atomic mass is 16.3. The molecular weight excluding hydrogens is 294 g/mol. The van der Waals surface area contributed by atoms with Crippen molar-refractivity contribution in [3.63, 3.8) is 0 Å².